The lowest BCUT2D eigenvalue weighted by Crippen LogP contribution is -2.27. The van der Waals surface area contributed by atoms with Crippen molar-refractivity contribution in [1.29, 1.82) is 0 Å². The molecule has 2 heterocycles. The Morgan fingerprint density at radius 3 is 2.95 bits per heavy atom. The summed E-state index contributed by atoms with van der Waals surface area (Å²) in [7, 11) is 2.07. The summed E-state index contributed by atoms with van der Waals surface area (Å²) in [5.41, 5.74) is 0.947. The molecule has 0 spiro atoms. The molecule has 1 aliphatic rings. The lowest BCUT2D eigenvalue weighted by Gasteiger charge is -2.23. The van der Waals surface area contributed by atoms with Crippen molar-refractivity contribution in [2.45, 2.75) is 12.3 Å². The van der Waals surface area contributed by atoms with Gasteiger partial charge < -0.3 is 9.64 Å². The molecule has 0 saturated carbocycles. The van der Waals surface area contributed by atoms with Crippen LogP contribution >= 0.6 is 11.6 Å². The molecule has 20 heavy (non-hydrogen) atoms. The van der Waals surface area contributed by atoms with Gasteiger partial charge in [0.2, 0.25) is 0 Å². The Hall–Kier alpha value is -1.39. The summed E-state index contributed by atoms with van der Waals surface area (Å²) in [6.45, 7) is 2.66. The van der Waals surface area contributed by atoms with E-state index >= 15 is 0 Å². The van der Waals surface area contributed by atoms with Crippen LogP contribution in [0.1, 0.15) is 12.2 Å². The maximum atomic E-state index is 5.91. The van der Waals surface area contributed by atoms with Crippen LogP contribution in [0.3, 0.4) is 0 Å². The number of fused-ring (bicyclic) bond motifs is 1. The number of rotatable bonds is 4. The summed E-state index contributed by atoms with van der Waals surface area (Å²) in [5.74, 6) is 2.54. The lowest BCUT2D eigenvalue weighted by molar-refractivity contribution is 0.186. The highest BCUT2D eigenvalue weighted by atomic mass is 35.5. The molecule has 4 nitrogen and oxygen atoms in total. The predicted octanol–water partition coefficient (Wildman–Crippen LogP) is 2.84. The number of anilines is 1. The van der Waals surface area contributed by atoms with Crippen molar-refractivity contribution < 1.29 is 4.74 Å². The molecule has 5 heteroatoms. The van der Waals surface area contributed by atoms with E-state index in [1.807, 2.05) is 18.2 Å². The highest BCUT2D eigenvalue weighted by molar-refractivity contribution is 6.16. The van der Waals surface area contributed by atoms with Crippen LogP contribution in [-0.2, 0) is 10.6 Å². The monoisotopic (exact) mass is 291 g/mol. The summed E-state index contributed by atoms with van der Waals surface area (Å²) in [6, 6.07) is 8.07. The number of hydrogen-bond acceptors (Lipinski definition) is 4. The summed E-state index contributed by atoms with van der Waals surface area (Å²) in [4.78, 5) is 11.3. The summed E-state index contributed by atoms with van der Waals surface area (Å²) in [5, 5.41) is 1.07. The molecule has 1 unspecified atom stereocenters. The zero-order chi connectivity index (χ0) is 13.9. The zero-order valence-corrected chi connectivity index (χ0v) is 12.3. The Morgan fingerprint density at radius 1 is 1.35 bits per heavy atom. The number of nitrogens with zero attached hydrogens (tertiary/aromatic N) is 3. The van der Waals surface area contributed by atoms with Crippen LogP contribution in [0.2, 0.25) is 0 Å². The molecular weight excluding hydrogens is 274 g/mol. The maximum Gasteiger partial charge on any atom is 0.146 e. The van der Waals surface area contributed by atoms with Gasteiger partial charge in [-0.2, -0.15) is 0 Å². The van der Waals surface area contributed by atoms with Gasteiger partial charge in [-0.15, -0.1) is 11.6 Å². The van der Waals surface area contributed by atoms with Gasteiger partial charge in [0.05, 0.1) is 18.0 Å². The summed E-state index contributed by atoms with van der Waals surface area (Å²) < 4.78 is 5.45. The number of halogens is 1. The smallest absolute Gasteiger partial charge is 0.146 e. The molecule has 1 aromatic carbocycles. The van der Waals surface area contributed by atoms with E-state index in [9.17, 15) is 0 Å². The van der Waals surface area contributed by atoms with Gasteiger partial charge in [-0.05, 0) is 18.6 Å². The molecule has 3 rings (SSSR count). The van der Waals surface area contributed by atoms with Gasteiger partial charge in [-0.25, -0.2) is 9.97 Å². The second kappa shape index (κ2) is 5.94. The molecule has 0 radical (unpaired) electrons. The lowest BCUT2D eigenvalue weighted by atomic mass is 10.1. The Labute approximate surface area is 123 Å². The Morgan fingerprint density at radius 2 is 2.20 bits per heavy atom. The van der Waals surface area contributed by atoms with Gasteiger partial charge >= 0.3 is 0 Å². The molecular formula is C15H18ClN3O. The first-order chi connectivity index (χ1) is 9.78. The van der Waals surface area contributed by atoms with Crippen molar-refractivity contribution in [1.82, 2.24) is 9.97 Å². The normalized spacial score (nSPS) is 18.6. The molecule has 0 N–H and O–H groups in total. The molecule has 0 aliphatic carbocycles. The van der Waals surface area contributed by atoms with Crippen molar-refractivity contribution >= 4 is 28.3 Å². The maximum absolute atomic E-state index is 5.91. The number of para-hydroxylation sites is 1. The third-order valence-electron chi connectivity index (χ3n) is 3.67. The van der Waals surface area contributed by atoms with E-state index in [0.717, 1.165) is 42.9 Å². The predicted molar refractivity (Wildman–Crippen MR) is 81.3 cm³/mol. The van der Waals surface area contributed by atoms with Gasteiger partial charge in [0, 0.05) is 31.5 Å². The highest BCUT2D eigenvalue weighted by Crippen LogP contribution is 2.25. The molecule has 0 bridgehead atoms. The molecule has 1 aliphatic heterocycles. The van der Waals surface area contributed by atoms with E-state index in [0.29, 0.717) is 17.6 Å². The van der Waals surface area contributed by atoms with Crippen LogP contribution in [-0.4, -0.2) is 36.8 Å². The minimum Gasteiger partial charge on any atom is -0.381 e. The number of alkyl halides is 1. The minimum absolute atomic E-state index is 0.332. The van der Waals surface area contributed by atoms with Crippen LogP contribution in [0.5, 0.6) is 0 Å². The third kappa shape index (κ3) is 2.72. The van der Waals surface area contributed by atoms with E-state index in [1.54, 1.807) is 0 Å². The molecule has 0 amide bonds. The minimum atomic E-state index is 0.332. The largest absolute Gasteiger partial charge is 0.381 e. The first kappa shape index (κ1) is 13.6. The van der Waals surface area contributed by atoms with Crippen LogP contribution in [0.25, 0.3) is 10.9 Å². The van der Waals surface area contributed by atoms with E-state index in [4.69, 9.17) is 16.3 Å². The zero-order valence-electron chi connectivity index (χ0n) is 11.6. The molecule has 1 saturated heterocycles. The van der Waals surface area contributed by atoms with Gasteiger partial charge in [0.15, 0.2) is 0 Å². The number of aromatic nitrogens is 2. The molecule has 1 aromatic heterocycles. The van der Waals surface area contributed by atoms with Gasteiger partial charge in [0.25, 0.3) is 0 Å². The van der Waals surface area contributed by atoms with Crippen LogP contribution in [0.4, 0.5) is 5.82 Å². The second-order valence-electron chi connectivity index (χ2n) is 5.22. The number of ether oxygens (including phenoxy) is 1. The van der Waals surface area contributed by atoms with E-state index < -0.39 is 0 Å². The third-order valence-corrected chi connectivity index (χ3v) is 3.91. The summed E-state index contributed by atoms with van der Waals surface area (Å²) >= 11 is 5.91. The molecule has 106 valence electrons. The van der Waals surface area contributed by atoms with Crippen molar-refractivity contribution in [3.05, 3.63) is 30.1 Å². The molecule has 1 fully saturated rings. The topological polar surface area (TPSA) is 38.2 Å². The second-order valence-corrected chi connectivity index (χ2v) is 5.49. The fourth-order valence-corrected chi connectivity index (χ4v) is 2.78. The number of benzene rings is 1. The van der Waals surface area contributed by atoms with Crippen molar-refractivity contribution in [3.63, 3.8) is 0 Å². The summed E-state index contributed by atoms with van der Waals surface area (Å²) in [6.07, 6.45) is 1.12. The molecule has 2 aromatic rings. The highest BCUT2D eigenvalue weighted by Gasteiger charge is 2.19. The average Bonchev–Trinajstić information content (AvgIpc) is 2.98. The van der Waals surface area contributed by atoms with Crippen molar-refractivity contribution in [2.75, 3.05) is 31.7 Å². The van der Waals surface area contributed by atoms with Crippen molar-refractivity contribution in [3.8, 4) is 0 Å². The van der Waals surface area contributed by atoms with E-state index in [-0.39, 0.29) is 0 Å². The van der Waals surface area contributed by atoms with Gasteiger partial charge in [-0.1, -0.05) is 12.1 Å². The fourth-order valence-electron chi connectivity index (χ4n) is 2.66. The van der Waals surface area contributed by atoms with Crippen LogP contribution in [0, 0.1) is 5.92 Å². The molecule has 1 atom stereocenters. The first-order valence-corrected chi connectivity index (χ1v) is 7.42. The Balaban J connectivity index is 1.95. The number of hydrogen-bond donors (Lipinski definition) is 0. The van der Waals surface area contributed by atoms with E-state index in [1.165, 1.54) is 0 Å². The van der Waals surface area contributed by atoms with Gasteiger partial charge in [-0.3, -0.25) is 0 Å². The van der Waals surface area contributed by atoms with Crippen LogP contribution in [0.15, 0.2) is 24.3 Å². The first-order valence-electron chi connectivity index (χ1n) is 6.88. The van der Waals surface area contributed by atoms with Crippen molar-refractivity contribution in [2.24, 2.45) is 5.92 Å². The quantitative estimate of drug-likeness (QED) is 0.812. The standard InChI is InChI=1S/C15H18ClN3O/c1-19(9-11-6-7-20-10-11)15-12-4-2-3-5-13(12)17-14(8-16)18-15/h2-5,11H,6-10H2,1H3. The fraction of sp³-hybridized carbons (Fsp3) is 0.467. The Bertz CT molecular complexity index is 599. The van der Waals surface area contributed by atoms with Gasteiger partial charge in [0.1, 0.15) is 11.6 Å². The van der Waals surface area contributed by atoms with Crippen LogP contribution < -0.4 is 4.90 Å². The Kier molecular flexibility index (Phi) is 4.03. The average molecular weight is 292 g/mol. The van der Waals surface area contributed by atoms with E-state index in [2.05, 4.69) is 28.0 Å². The SMILES string of the molecule is CN(CC1CCOC1)c1nc(CCl)nc2ccccc12.